The predicted molar refractivity (Wildman–Crippen MR) is 72.2 cm³/mol. The smallest absolute Gasteiger partial charge is 0.331 e. The first kappa shape index (κ1) is 14.7. The molecule has 100 valence electrons. The van der Waals surface area contributed by atoms with Crippen LogP contribution >= 0.6 is 0 Å². The Morgan fingerprint density at radius 3 is 2.37 bits per heavy atom. The Balaban J connectivity index is 3.01. The van der Waals surface area contributed by atoms with Crippen LogP contribution in [0.3, 0.4) is 0 Å². The van der Waals surface area contributed by atoms with Gasteiger partial charge >= 0.3 is 11.9 Å². The van der Waals surface area contributed by atoms with Crippen LogP contribution < -0.4 is 0 Å². The van der Waals surface area contributed by atoms with Crippen LogP contribution in [0.25, 0.3) is 5.57 Å². The average molecular weight is 260 g/mol. The highest BCUT2D eigenvalue weighted by molar-refractivity contribution is 5.96. The van der Waals surface area contributed by atoms with Gasteiger partial charge in [-0.15, -0.1) is 0 Å². The van der Waals surface area contributed by atoms with Gasteiger partial charge in [0.25, 0.3) is 0 Å². The van der Waals surface area contributed by atoms with Crippen LogP contribution in [0, 0.1) is 0 Å². The molecule has 0 radical (unpaired) electrons. The number of carbonyl (C=O) groups excluding carboxylic acids is 2. The molecule has 4 nitrogen and oxygen atoms in total. The van der Waals surface area contributed by atoms with E-state index in [1.807, 2.05) is 30.3 Å². The molecule has 1 rings (SSSR count). The molecule has 0 aromatic heterocycles. The lowest BCUT2D eigenvalue weighted by molar-refractivity contribution is -0.137. The highest BCUT2D eigenvalue weighted by Crippen LogP contribution is 2.15. The van der Waals surface area contributed by atoms with Crippen molar-refractivity contribution in [3.05, 3.63) is 54.1 Å². The van der Waals surface area contributed by atoms with Crippen molar-refractivity contribution in [2.75, 3.05) is 13.7 Å². The number of ether oxygens (including phenoxy) is 2. The number of hydrogen-bond donors (Lipinski definition) is 0. The normalized spacial score (nSPS) is 11.4. The summed E-state index contributed by atoms with van der Waals surface area (Å²) in [5.74, 6) is -0.929. The Bertz CT molecular complexity index is 486. The highest BCUT2D eigenvalue weighted by Gasteiger charge is 2.03. The third kappa shape index (κ3) is 5.21. The Morgan fingerprint density at radius 1 is 1.11 bits per heavy atom. The Hall–Kier alpha value is -2.36. The summed E-state index contributed by atoms with van der Waals surface area (Å²) in [7, 11) is 1.30. The molecule has 0 unspecified atom stereocenters. The second-order valence-corrected chi connectivity index (χ2v) is 3.57. The van der Waals surface area contributed by atoms with Crippen molar-refractivity contribution in [3.63, 3.8) is 0 Å². The lowest BCUT2D eigenvalue weighted by atomic mass is 10.1. The van der Waals surface area contributed by atoms with E-state index in [4.69, 9.17) is 4.74 Å². The zero-order chi connectivity index (χ0) is 14.1. The topological polar surface area (TPSA) is 52.6 Å². The quantitative estimate of drug-likeness (QED) is 0.463. The molecule has 0 aliphatic rings. The molecule has 4 heteroatoms. The molecule has 0 saturated heterocycles. The maximum atomic E-state index is 11.5. The van der Waals surface area contributed by atoms with Gasteiger partial charge in [0.1, 0.15) is 0 Å². The average Bonchev–Trinajstić information content (AvgIpc) is 2.44. The van der Waals surface area contributed by atoms with Crippen molar-refractivity contribution in [1.29, 1.82) is 0 Å². The van der Waals surface area contributed by atoms with Gasteiger partial charge in [-0.25, -0.2) is 9.59 Å². The van der Waals surface area contributed by atoms with Gasteiger partial charge in [-0.3, -0.25) is 0 Å². The summed E-state index contributed by atoms with van der Waals surface area (Å²) in [5, 5.41) is 0. The summed E-state index contributed by atoms with van der Waals surface area (Å²) in [4.78, 5) is 22.6. The fraction of sp³-hybridized carbons (Fsp3) is 0.200. The first-order chi connectivity index (χ1) is 9.17. The van der Waals surface area contributed by atoms with Crippen molar-refractivity contribution in [2.24, 2.45) is 0 Å². The molecule has 0 amide bonds. The molecule has 0 bridgehead atoms. The number of allylic oxidation sites excluding steroid dienone is 2. The van der Waals surface area contributed by atoms with Crippen molar-refractivity contribution in [1.82, 2.24) is 0 Å². The number of carbonyl (C=O) groups is 2. The summed E-state index contributed by atoms with van der Waals surface area (Å²) >= 11 is 0. The number of esters is 2. The number of benzene rings is 1. The van der Waals surface area contributed by atoms with Crippen LogP contribution in [-0.2, 0) is 19.1 Å². The summed E-state index contributed by atoms with van der Waals surface area (Å²) in [5.41, 5.74) is 1.40. The fourth-order valence-corrected chi connectivity index (χ4v) is 1.40. The molecule has 19 heavy (non-hydrogen) atoms. The number of rotatable bonds is 5. The van der Waals surface area contributed by atoms with Crippen molar-refractivity contribution in [3.8, 4) is 0 Å². The van der Waals surface area contributed by atoms with Crippen molar-refractivity contribution < 1.29 is 19.1 Å². The first-order valence-electron chi connectivity index (χ1n) is 5.87. The lowest BCUT2D eigenvalue weighted by Gasteiger charge is -2.03. The van der Waals surface area contributed by atoms with E-state index in [1.165, 1.54) is 25.3 Å². The molecule has 1 aromatic rings. The van der Waals surface area contributed by atoms with E-state index in [2.05, 4.69) is 4.74 Å². The second kappa shape index (κ2) is 7.87. The fourth-order valence-electron chi connectivity index (χ4n) is 1.40. The lowest BCUT2D eigenvalue weighted by Crippen LogP contribution is -2.01. The molecule has 0 atom stereocenters. The summed E-state index contributed by atoms with van der Waals surface area (Å²) < 4.78 is 9.38. The third-order valence-corrected chi connectivity index (χ3v) is 2.27. The number of hydrogen-bond acceptors (Lipinski definition) is 4. The van der Waals surface area contributed by atoms with E-state index >= 15 is 0 Å². The van der Waals surface area contributed by atoms with E-state index in [9.17, 15) is 9.59 Å². The van der Waals surface area contributed by atoms with Crippen LogP contribution in [0.5, 0.6) is 0 Å². The molecule has 0 aliphatic heterocycles. The van der Waals surface area contributed by atoms with Gasteiger partial charge in [-0.05, 0) is 24.1 Å². The second-order valence-electron chi connectivity index (χ2n) is 3.57. The molecule has 0 spiro atoms. The van der Waals surface area contributed by atoms with E-state index in [0.29, 0.717) is 12.2 Å². The molecule has 1 aromatic carbocycles. The van der Waals surface area contributed by atoms with Crippen LogP contribution in [0.4, 0.5) is 0 Å². The minimum absolute atomic E-state index is 0.304. The van der Waals surface area contributed by atoms with Gasteiger partial charge in [-0.1, -0.05) is 30.3 Å². The first-order valence-corrected chi connectivity index (χ1v) is 5.87. The van der Waals surface area contributed by atoms with Crippen LogP contribution in [-0.4, -0.2) is 25.7 Å². The molecular formula is C15H16O4. The molecular weight excluding hydrogens is 244 g/mol. The van der Waals surface area contributed by atoms with Gasteiger partial charge in [-0.2, -0.15) is 0 Å². The van der Waals surface area contributed by atoms with Gasteiger partial charge < -0.3 is 9.47 Å². The Morgan fingerprint density at radius 2 is 1.79 bits per heavy atom. The standard InChI is InChI=1S/C15H16O4/c1-3-19-15(17)11-13(9-10-14(16)18-2)12-7-5-4-6-8-12/h4-11H,3H2,1-2H3/b10-9+,13-11-. The maximum Gasteiger partial charge on any atom is 0.331 e. The Labute approximate surface area is 112 Å². The summed E-state index contributed by atoms with van der Waals surface area (Å²) in [6, 6.07) is 9.25. The zero-order valence-corrected chi connectivity index (χ0v) is 11.0. The maximum absolute atomic E-state index is 11.5. The van der Waals surface area contributed by atoms with Gasteiger partial charge in [0.2, 0.25) is 0 Å². The van der Waals surface area contributed by atoms with E-state index in [1.54, 1.807) is 6.92 Å². The molecule has 0 fully saturated rings. The predicted octanol–water partition coefficient (Wildman–Crippen LogP) is 2.36. The Kier molecular flexibility index (Phi) is 6.09. The minimum atomic E-state index is -0.481. The van der Waals surface area contributed by atoms with Crippen LogP contribution in [0.15, 0.2) is 48.6 Å². The van der Waals surface area contributed by atoms with Crippen molar-refractivity contribution >= 4 is 17.5 Å². The zero-order valence-electron chi connectivity index (χ0n) is 11.0. The monoisotopic (exact) mass is 260 g/mol. The van der Waals surface area contributed by atoms with Gasteiger partial charge in [0.15, 0.2) is 0 Å². The van der Waals surface area contributed by atoms with Gasteiger partial charge in [0, 0.05) is 12.2 Å². The SMILES string of the molecule is CCOC(=O)/C=C(/C=C/C(=O)OC)c1ccccc1. The summed E-state index contributed by atoms with van der Waals surface area (Å²) in [6.07, 6.45) is 4.13. The molecule has 0 aliphatic carbocycles. The third-order valence-electron chi connectivity index (χ3n) is 2.27. The van der Waals surface area contributed by atoms with E-state index in [-0.39, 0.29) is 0 Å². The van der Waals surface area contributed by atoms with Crippen LogP contribution in [0.2, 0.25) is 0 Å². The molecule has 0 heterocycles. The van der Waals surface area contributed by atoms with Crippen molar-refractivity contribution in [2.45, 2.75) is 6.92 Å². The van der Waals surface area contributed by atoms with Gasteiger partial charge in [0.05, 0.1) is 13.7 Å². The molecule has 0 saturated carbocycles. The largest absolute Gasteiger partial charge is 0.466 e. The minimum Gasteiger partial charge on any atom is -0.466 e. The van der Waals surface area contributed by atoms with E-state index < -0.39 is 11.9 Å². The van der Waals surface area contributed by atoms with E-state index in [0.717, 1.165) is 5.56 Å². The molecule has 0 N–H and O–H groups in total. The summed E-state index contributed by atoms with van der Waals surface area (Å²) in [6.45, 7) is 2.04. The highest BCUT2D eigenvalue weighted by atomic mass is 16.5. The number of methoxy groups -OCH3 is 1. The van der Waals surface area contributed by atoms with Crippen LogP contribution in [0.1, 0.15) is 12.5 Å².